The Bertz CT molecular complexity index is 384. The Morgan fingerprint density at radius 3 is 3.13 bits per heavy atom. The smallest absolute Gasteiger partial charge is 0.271 e. The van der Waals surface area contributed by atoms with Crippen LogP contribution in [0.3, 0.4) is 0 Å². The standard InChI is InChI=1S/C9H10ClN3OS/c1-3-4-11-8(14)7-6(10)5-12-9(13-7)15-2/h3,5H,1,4H2,2H3,(H,11,14). The number of thioether (sulfide) groups is 1. The predicted octanol–water partition coefficient (Wildman–Crippen LogP) is 1.77. The molecule has 0 aliphatic rings. The minimum Gasteiger partial charge on any atom is -0.347 e. The average Bonchev–Trinajstić information content (AvgIpc) is 2.26. The van der Waals surface area contributed by atoms with Gasteiger partial charge < -0.3 is 5.32 Å². The number of rotatable bonds is 4. The molecule has 1 heterocycles. The number of hydrogen-bond acceptors (Lipinski definition) is 4. The van der Waals surface area contributed by atoms with Gasteiger partial charge in [0.2, 0.25) is 0 Å². The first-order chi connectivity index (χ1) is 7.19. The molecule has 0 fully saturated rings. The third kappa shape index (κ3) is 3.21. The fourth-order valence-electron chi connectivity index (χ4n) is 0.857. The van der Waals surface area contributed by atoms with Crippen molar-refractivity contribution in [2.45, 2.75) is 5.16 Å². The van der Waals surface area contributed by atoms with Gasteiger partial charge in [0, 0.05) is 6.54 Å². The third-order valence-corrected chi connectivity index (χ3v) is 2.37. The molecular formula is C9H10ClN3OS. The summed E-state index contributed by atoms with van der Waals surface area (Å²) < 4.78 is 0. The maximum atomic E-state index is 11.5. The molecule has 0 radical (unpaired) electrons. The van der Waals surface area contributed by atoms with Crippen molar-refractivity contribution in [3.8, 4) is 0 Å². The highest BCUT2D eigenvalue weighted by molar-refractivity contribution is 7.98. The molecule has 0 aromatic carbocycles. The van der Waals surface area contributed by atoms with Gasteiger partial charge in [0.25, 0.3) is 5.91 Å². The van der Waals surface area contributed by atoms with Crippen molar-refractivity contribution in [1.82, 2.24) is 15.3 Å². The number of halogens is 1. The van der Waals surface area contributed by atoms with Gasteiger partial charge in [-0.3, -0.25) is 4.79 Å². The summed E-state index contributed by atoms with van der Waals surface area (Å²) >= 11 is 7.16. The second-order valence-electron chi connectivity index (χ2n) is 2.55. The van der Waals surface area contributed by atoms with Crippen LogP contribution < -0.4 is 5.32 Å². The summed E-state index contributed by atoms with van der Waals surface area (Å²) in [5.74, 6) is -0.322. The number of carbonyl (C=O) groups is 1. The van der Waals surface area contributed by atoms with Crippen LogP contribution in [0.15, 0.2) is 24.0 Å². The van der Waals surface area contributed by atoms with Crippen molar-refractivity contribution >= 4 is 29.3 Å². The van der Waals surface area contributed by atoms with E-state index < -0.39 is 0 Å². The Kier molecular flexibility index (Phi) is 4.58. The van der Waals surface area contributed by atoms with Gasteiger partial charge in [-0.25, -0.2) is 9.97 Å². The number of hydrogen-bond donors (Lipinski definition) is 1. The first-order valence-corrected chi connectivity index (χ1v) is 5.75. The van der Waals surface area contributed by atoms with Crippen LogP contribution in [0.2, 0.25) is 5.02 Å². The molecule has 80 valence electrons. The molecule has 15 heavy (non-hydrogen) atoms. The van der Waals surface area contributed by atoms with Gasteiger partial charge in [-0.2, -0.15) is 0 Å². The van der Waals surface area contributed by atoms with Gasteiger partial charge in [0.15, 0.2) is 10.9 Å². The van der Waals surface area contributed by atoms with Crippen LogP contribution in [-0.2, 0) is 0 Å². The van der Waals surface area contributed by atoms with Crippen molar-refractivity contribution in [3.05, 3.63) is 29.6 Å². The lowest BCUT2D eigenvalue weighted by molar-refractivity contribution is 0.0952. The summed E-state index contributed by atoms with van der Waals surface area (Å²) in [6.45, 7) is 3.88. The molecule has 1 N–H and O–H groups in total. The minimum atomic E-state index is -0.322. The third-order valence-electron chi connectivity index (χ3n) is 1.53. The monoisotopic (exact) mass is 243 g/mol. The Morgan fingerprint density at radius 1 is 1.80 bits per heavy atom. The lowest BCUT2D eigenvalue weighted by Crippen LogP contribution is -2.24. The van der Waals surface area contributed by atoms with Gasteiger partial charge in [0.1, 0.15) is 0 Å². The van der Waals surface area contributed by atoms with E-state index >= 15 is 0 Å². The zero-order valence-electron chi connectivity index (χ0n) is 8.16. The van der Waals surface area contributed by atoms with Crippen LogP contribution >= 0.6 is 23.4 Å². The first kappa shape index (κ1) is 12.0. The highest BCUT2D eigenvalue weighted by atomic mass is 35.5. The molecule has 1 aromatic heterocycles. The molecule has 1 amide bonds. The zero-order chi connectivity index (χ0) is 11.3. The molecule has 1 rings (SSSR count). The van der Waals surface area contributed by atoms with Crippen LogP contribution in [-0.4, -0.2) is 28.7 Å². The summed E-state index contributed by atoms with van der Waals surface area (Å²) in [6.07, 6.45) is 4.83. The Morgan fingerprint density at radius 2 is 2.53 bits per heavy atom. The minimum absolute atomic E-state index is 0.192. The van der Waals surface area contributed by atoms with E-state index in [1.807, 2.05) is 6.26 Å². The van der Waals surface area contributed by atoms with E-state index in [0.717, 1.165) is 0 Å². The zero-order valence-corrected chi connectivity index (χ0v) is 9.73. The van der Waals surface area contributed by atoms with Crippen molar-refractivity contribution in [3.63, 3.8) is 0 Å². The second-order valence-corrected chi connectivity index (χ2v) is 3.73. The fraction of sp³-hybridized carbons (Fsp3) is 0.222. The number of nitrogens with one attached hydrogen (secondary N) is 1. The SMILES string of the molecule is C=CCNC(=O)c1nc(SC)ncc1Cl. The van der Waals surface area contributed by atoms with Crippen LogP contribution in [0.25, 0.3) is 0 Å². The largest absolute Gasteiger partial charge is 0.347 e. The van der Waals surface area contributed by atoms with Gasteiger partial charge >= 0.3 is 0 Å². The molecule has 1 aromatic rings. The molecule has 0 aliphatic carbocycles. The molecule has 0 atom stereocenters. The molecule has 4 nitrogen and oxygen atoms in total. The summed E-state index contributed by atoms with van der Waals surface area (Å²) in [4.78, 5) is 19.5. The second kappa shape index (κ2) is 5.72. The quantitative estimate of drug-likeness (QED) is 0.498. The van der Waals surface area contributed by atoms with Crippen LogP contribution in [0.1, 0.15) is 10.5 Å². The Hall–Kier alpha value is -1.07. The van der Waals surface area contributed by atoms with Gasteiger partial charge in [-0.05, 0) is 6.26 Å². The molecule has 0 aliphatic heterocycles. The predicted molar refractivity (Wildman–Crippen MR) is 61.4 cm³/mol. The van der Waals surface area contributed by atoms with Crippen molar-refractivity contribution < 1.29 is 4.79 Å². The van der Waals surface area contributed by atoms with E-state index in [1.165, 1.54) is 18.0 Å². The van der Waals surface area contributed by atoms with Crippen LogP contribution in [0.4, 0.5) is 0 Å². The number of carbonyl (C=O) groups excluding carboxylic acids is 1. The van der Waals surface area contributed by atoms with Crippen molar-refractivity contribution in [2.75, 3.05) is 12.8 Å². The lowest BCUT2D eigenvalue weighted by Gasteiger charge is -2.04. The highest BCUT2D eigenvalue weighted by Crippen LogP contribution is 2.16. The molecule has 6 heteroatoms. The van der Waals surface area contributed by atoms with Crippen molar-refractivity contribution in [1.29, 1.82) is 0 Å². The topological polar surface area (TPSA) is 54.9 Å². The van der Waals surface area contributed by atoms with E-state index in [1.54, 1.807) is 6.08 Å². The molecular weight excluding hydrogens is 234 g/mol. The molecule has 0 spiro atoms. The molecule has 0 unspecified atom stereocenters. The maximum absolute atomic E-state index is 11.5. The number of nitrogens with zero attached hydrogens (tertiary/aromatic N) is 2. The molecule has 0 bridgehead atoms. The first-order valence-electron chi connectivity index (χ1n) is 4.14. The summed E-state index contributed by atoms with van der Waals surface area (Å²) in [7, 11) is 0. The Balaban J connectivity index is 2.91. The summed E-state index contributed by atoms with van der Waals surface area (Å²) in [6, 6.07) is 0. The number of aromatic nitrogens is 2. The van der Waals surface area contributed by atoms with Gasteiger partial charge in [0.05, 0.1) is 11.2 Å². The maximum Gasteiger partial charge on any atom is 0.271 e. The van der Waals surface area contributed by atoms with E-state index in [-0.39, 0.29) is 16.6 Å². The van der Waals surface area contributed by atoms with Crippen LogP contribution in [0.5, 0.6) is 0 Å². The normalized spacial score (nSPS) is 9.73. The summed E-state index contributed by atoms with van der Waals surface area (Å²) in [5, 5.41) is 3.36. The fourth-order valence-corrected chi connectivity index (χ4v) is 1.37. The highest BCUT2D eigenvalue weighted by Gasteiger charge is 2.12. The molecule has 0 saturated carbocycles. The lowest BCUT2D eigenvalue weighted by atomic mass is 10.4. The van der Waals surface area contributed by atoms with Crippen molar-refractivity contribution in [2.24, 2.45) is 0 Å². The van der Waals surface area contributed by atoms with E-state index in [9.17, 15) is 4.79 Å². The van der Waals surface area contributed by atoms with Gasteiger partial charge in [-0.15, -0.1) is 6.58 Å². The van der Waals surface area contributed by atoms with E-state index in [2.05, 4.69) is 21.9 Å². The van der Waals surface area contributed by atoms with E-state index in [4.69, 9.17) is 11.6 Å². The van der Waals surface area contributed by atoms with E-state index in [0.29, 0.717) is 11.7 Å². The number of amides is 1. The average molecular weight is 244 g/mol. The molecule has 0 saturated heterocycles. The summed E-state index contributed by atoms with van der Waals surface area (Å²) in [5.41, 5.74) is 0.192. The Labute approximate surface area is 97.1 Å². The van der Waals surface area contributed by atoms with Crippen LogP contribution in [0, 0.1) is 0 Å². The van der Waals surface area contributed by atoms with Gasteiger partial charge in [-0.1, -0.05) is 29.4 Å².